The third kappa shape index (κ3) is 4.42. The van der Waals surface area contributed by atoms with Crippen molar-refractivity contribution < 1.29 is 0 Å². The first-order chi connectivity index (χ1) is 12.6. The van der Waals surface area contributed by atoms with Crippen LogP contribution < -0.4 is 5.32 Å². The molecule has 0 radical (unpaired) electrons. The topological polar surface area (TPSA) is 28.2 Å². The molecule has 1 aromatic heterocycles. The van der Waals surface area contributed by atoms with E-state index in [0.717, 1.165) is 23.0 Å². The molecule has 0 bridgehead atoms. The smallest absolute Gasteiger partial charge is 0.174 e. The molecule has 0 amide bonds. The number of hydrogen-bond donors (Lipinski definition) is 1. The van der Waals surface area contributed by atoms with E-state index in [4.69, 9.17) is 12.2 Å². The van der Waals surface area contributed by atoms with E-state index in [1.807, 2.05) is 18.3 Å². The van der Waals surface area contributed by atoms with Gasteiger partial charge in [-0.2, -0.15) is 0 Å². The zero-order valence-electron chi connectivity index (χ0n) is 16.0. The van der Waals surface area contributed by atoms with Gasteiger partial charge in [0.1, 0.15) is 0 Å². The molecular formula is C22H29N3S. The van der Waals surface area contributed by atoms with Crippen molar-refractivity contribution in [3.8, 4) is 0 Å². The predicted octanol–water partition coefficient (Wildman–Crippen LogP) is 5.66. The van der Waals surface area contributed by atoms with E-state index in [1.54, 1.807) is 0 Å². The van der Waals surface area contributed by atoms with Gasteiger partial charge in [-0.05, 0) is 67.2 Å². The van der Waals surface area contributed by atoms with Gasteiger partial charge in [-0.1, -0.05) is 44.9 Å². The Balaban J connectivity index is 1.83. The number of pyridine rings is 1. The third-order valence-electron chi connectivity index (χ3n) is 5.23. The van der Waals surface area contributed by atoms with Gasteiger partial charge in [0, 0.05) is 17.9 Å². The van der Waals surface area contributed by atoms with Gasteiger partial charge in [-0.3, -0.25) is 4.98 Å². The molecular weight excluding hydrogens is 338 g/mol. The number of aryl methyl sites for hydroxylation is 1. The number of aromatic nitrogens is 1. The molecule has 1 aliphatic carbocycles. The van der Waals surface area contributed by atoms with Crippen LogP contribution in [0.4, 0.5) is 5.69 Å². The summed E-state index contributed by atoms with van der Waals surface area (Å²) in [5.74, 6) is 0.456. The van der Waals surface area contributed by atoms with Gasteiger partial charge < -0.3 is 10.2 Å². The minimum Gasteiger partial charge on any atom is -0.340 e. The van der Waals surface area contributed by atoms with Crippen molar-refractivity contribution in [1.82, 2.24) is 9.88 Å². The van der Waals surface area contributed by atoms with Crippen LogP contribution in [0.2, 0.25) is 0 Å². The van der Waals surface area contributed by atoms with Gasteiger partial charge in [-0.25, -0.2) is 0 Å². The predicted molar refractivity (Wildman–Crippen MR) is 114 cm³/mol. The van der Waals surface area contributed by atoms with E-state index in [2.05, 4.69) is 60.2 Å². The lowest BCUT2D eigenvalue weighted by Crippen LogP contribution is -2.41. The van der Waals surface area contributed by atoms with E-state index in [0.29, 0.717) is 12.0 Å². The molecule has 4 heteroatoms. The van der Waals surface area contributed by atoms with Crippen LogP contribution in [0.15, 0.2) is 42.6 Å². The highest BCUT2D eigenvalue weighted by Gasteiger charge is 2.25. The maximum atomic E-state index is 5.87. The number of thiocarbonyl (C=S) groups is 1. The minimum atomic E-state index is 0.456. The van der Waals surface area contributed by atoms with Crippen molar-refractivity contribution in [2.24, 2.45) is 0 Å². The number of rotatable bonds is 5. The lowest BCUT2D eigenvalue weighted by atomic mass is 9.96. The van der Waals surface area contributed by atoms with Gasteiger partial charge in [0.05, 0.1) is 12.2 Å². The second kappa shape index (κ2) is 8.63. The molecule has 1 aliphatic rings. The highest BCUT2D eigenvalue weighted by molar-refractivity contribution is 7.80. The second-order valence-corrected chi connectivity index (χ2v) is 7.89. The lowest BCUT2D eigenvalue weighted by Gasteiger charge is -2.32. The van der Waals surface area contributed by atoms with Crippen LogP contribution >= 0.6 is 12.2 Å². The Morgan fingerprint density at radius 1 is 1.19 bits per heavy atom. The summed E-state index contributed by atoms with van der Waals surface area (Å²) < 4.78 is 0. The molecule has 138 valence electrons. The SMILES string of the molecule is Cc1cccc(NC(=S)N(Cc2ccccn2)C2CCCC2)c1C(C)C. The number of hydrogen-bond acceptors (Lipinski definition) is 2. The highest BCUT2D eigenvalue weighted by Crippen LogP contribution is 2.30. The summed E-state index contributed by atoms with van der Waals surface area (Å²) in [6.45, 7) is 7.41. The van der Waals surface area contributed by atoms with E-state index in [-0.39, 0.29) is 0 Å². The molecule has 3 nitrogen and oxygen atoms in total. The summed E-state index contributed by atoms with van der Waals surface area (Å²) >= 11 is 5.87. The minimum absolute atomic E-state index is 0.456. The Kier molecular flexibility index (Phi) is 6.25. The Morgan fingerprint density at radius 3 is 2.62 bits per heavy atom. The molecule has 26 heavy (non-hydrogen) atoms. The molecule has 0 saturated heterocycles. The summed E-state index contributed by atoms with van der Waals surface area (Å²) in [4.78, 5) is 6.85. The van der Waals surface area contributed by atoms with Crippen LogP contribution in [-0.4, -0.2) is 21.0 Å². The maximum absolute atomic E-state index is 5.87. The van der Waals surface area contributed by atoms with Crippen LogP contribution in [0.5, 0.6) is 0 Å². The Hall–Kier alpha value is -1.94. The van der Waals surface area contributed by atoms with Gasteiger partial charge >= 0.3 is 0 Å². The summed E-state index contributed by atoms with van der Waals surface area (Å²) in [6, 6.07) is 13.0. The van der Waals surface area contributed by atoms with Crippen molar-refractivity contribution in [2.75, 3.05) is 5.32 Å². The van der Waals surface area contributed by atoms with E-state index >= 15 is 0 Å². The highest BCUT2D eigenvalue weighted by atomic mass is 32.1. The quantitative estimate of drug-likeness (QED) is 0.691. The number of nitrogens with one attached hydrogen (secondary N) is 1. The fourth-order valence-corrected chi connectivity index (χ4v) is 4.32. The molecule has 3 rings (SSSR count). The average molecular weight is 368 g/mol. The standard InChI is InChI=1S/C22H29N3S/c1-16(2)21-17(3)9-8-13-20(21)24-22(26)25(19-11-4-5-12-19)15-18-10-6-7-14-23-18/h6-10,13-14,16,19H,4-5,11-12,15H2,1-3H3,(H,24,26). The molecule has 2 aromatic rings. The molecule has 0 atom stereocenters. The molecule has 0 aliphatic heterocycles. The van der Waals surface area contributed by atoms with Gasteiger partial charge in [0.15, 0.2) is 5.11 Å². The van der Waals surface area contributed by atoms with Crippen molar-refractivity contribution in [3.05, 3.63) is 59.4 Å². The fraction of sp³-hybridized carbons (Fsp3) is 0.455. The van der Waals surface area contributed by atoms with Crippen molar-refractivity contribution >= 4 is 23.0 Å². The van der Waals surface area contributed by atoms with Crippen molar-refractivity contribution in [3.63, 3.8) is 0 Å². The average Bonchev–Trinajstić information content (AvgIpc) is 3.14. The largest absolute Gasteiger partial charge is 0.340 e. The monoisotopic (exact) mass is 367 g/mol. The molecule has 1 aromatic carbocycles. The van der Waals surface area contributed by atoms with Gasteiger partial charge in [0.25, 0.3) is 0 Å². The zero-order valence-corrected chi connectivity index (χ0v) is 16.9. The summed E-state index contributed by atoms with van der Waals surface area (Å²) in [5, 5.41) is 4.37. The molecule has 0 unspecified atom stereocenters. The zero-order chi connectivity index (χ0) is 18.5. The molecule has 1 fully saturated rings. The van der Waals surface area contributed by atoms with E-state index in [1.165, 1.54) is 36.8 Å². The molecule has 1 saturated carbocycles. The first kappa shape index (κ1) is 18.8. The third-order valence-corrected chi connectivity index (χ3v) is 5.56. The van der Waals surface area contributed by atoms with Crippen LogP contribution in [0.1, 0.15) is 62.3 Å². The lowest BCUT2D eigenvalue weighted by molar-refractivity contribution is 0.309. The molecule has 0 spiro atoms. The first-order valence-electron chi connectivity index (χ1n) is 9.63. The molecule has 1 heterocycles. The first-order valence-corrected chi connectivity index (χ1v) is 10.0. The van der Waals surface area contributed by atoms with Crippen LogP contribution in [0.25, 0.3) is 0 Å². The van der Waals surface area contributed by atoms with E-state index < -0.39 is 0 Å². The maximum Gasteiger partial charge on any atom is 0.174 e. The van der Waals surface area contributed by atoms with Crippen LogP contribution in [0, 0.1) is 6.92 Å². The number of benzene rings is 1. The van der Waals surface area contributed by atoms with Crippen LogP contribution in [0.3, 0.4) is 0 Å². The van der Waals surface area contributed by atoms with Crippen molar-refractivity contribution in [1.29, 1.82) is 0 Å². The van der Waals surface area contributed by atoms with Gasteiger partial charge in [0.2, 0.25) is 0 Å². The van der Waals surface area contributed by atoms with Gasteiger partial charge in [-0.15, -0.1) is 0 Å². The van der Waals surface area contributed by atoms with E-state index in [9.17, 15) is 0 Å². The summed E-state index contributed by atoms with van der Waals surface area (Å²) in [7, 11) is 0. The normalized spacial score (nSPS) is 14.6. The Labute approximate surface area is 162 Å². The van der Waals surface area contributed by atoms with Crippen LogP contribution in [-0.2, 0) is 6.54 Å². The summed E-state index contributed by atoms with van der Waals surface area (Å²) in [5.41, 5.74) is 4.86. The Morgan fingerprint density at radius 2 is 1.96 bits per heavy atom. The second-order valence-electron chi connectivity index (χ2n) is 7.51. The molecule has 1 N–H and O–H groups in total. The summed E-state index contributed by atoms with van der Waals surface area (Å²) in [6.07, 6.45) is 6.84. The number of anilines is 1. The fourth-order valence-electron chi connectivity index (χ4n) is 3.99. The van der Waals surface area contributed by atoms with Crippen molar-refractivity contribution in [2.45, 2.75) is 65.0 Å². The Bertz CT molecular complexity index is 736. The number of nitrogens with zero attached hydrogens (tertiary/aromatic N) is 2.